The molecule has 1 N–H and O–H groups in total. The van der Waals surface area contributed by atoms with Crippen LogP contribution in [-0.2, 0) is 16.1 Å². The van der Waals surface area contributed by atoms with E-state index in [2.05, 4.69) is 5.32 Å². The smallest absolute Gasteiger partial charge is 0.408 e. The Bertz CT molecular complexity index is 514. The Balaban J connectivity index is 2.22. The lowest BCUT2D eigenvalue weighted by Gasteiger charge is -2.34. The summed E-state index contributed by atoms with van der Waals surface area (Å²) in [6, 6.07) is 6.13. The molecular formula is C15H19F2NO3. The maximum atomic E-state index is 13.1. The van der Waals surface area contributed by atoms with Crippen LogP contribution in [0.25, 0.3) is 0 Å². The number of alkyl carbamates (subject to hydrolysis) is 1. The Labute approximate surface area is 122 Å². The molecule has 0 aromatic heterocycles. The van der Waals surface area contributed by atoms with Gasteiger partial charge in [-0.05, 0) is 31.9 Å². The minimum Gasteiger partial charge on any atom is -0.444 e. The first kappa shape index (κ1) is 15.7. The molecule has 0 radical (unpaired) electrons. The number of halogens is 2. The normalized spacial score (nSPS) is 21.8. The third kappa shape index (κ3) is 3.91. The van der Waals surface area contributed by atoms with Gasteiger partial charge in [0.15, 0.2) is 0 Å². The zero-order chi connectivity index (χ0) is 15.6. The zero-order valence-electron chi connectivity index (χ0n) is 12.2. The van der Waals surface area contributed by atoms with Crippen molar-refractivity contribution in [1.29, 1.82) is 0 Å². The topological polar surface area (TPSA) is 47.6 Å². The molecule has 1 aliphatic rings. The third-order valence-corrected chi connectivity index (χ3v) is 3.07. The van der Waals surface area contributed by atoms with Crippen LogP contribution in [0.3, 0.4) is 0 Å². The van der Waals surface area contributed by atoms with Gasteiger partial charge in [0.2, 0.25) is 0 Å². The fourth-order valence-electron chi connectivity index (χ4n) is 2.24. The van der Waals surface area contributed by atoms with Gasteiger partial charge in [-0.15, -0.1) is 0 Å². The molecule has 0 spiro atoms. The van der Waals surface area contributed by atoms with E-state index in [-0.39, 0.29) is 6.61 Å². The molecule has 0 saturated heterocycles. The zero-order valence-corrected chi connectivity index (χ0v) is 12.2. The summed E-state index contributed by atoms with van der Waals surface area (Å²) >= 11 is 0. The molecule has 0 aliphatic carbocycles. The number of fused-ring (bicyclic) bond motifs is 1. The van der Waals surface area contributed by atoms with Crippen LogP contribution in [0.4, 0.5) is 13.6 Å². The largest absolute Gasteiger partial charge is 0.444 e. The molecule has 1 aliphatic heterocycles. The fourth-order valence-corrected chi connectivity index (χ4v) is 2.24. The van der Waals surface area contributed by atoms with Gasteiger partial charge in [-0.3, -0.25) is 0 Å². The van der Waals surface area contributed by atoms with Crippen molar-refractivity contribution in [3.63, 3.8) is 0 Å². The highest BCUT2D eigenvalue weighted by atomic mass is 19.3. The number of benzene rings is 1. The van der Waals surface area contributed by atoms with Crippen molar-refractivity contribution in [3.05, 3.63) is 35.4 Å². The van der Waals surface area contributed by atoms with Gasteiger partial charge in [-0.2, -0.15) is 0 Å². The minimum atomic E-state index is -2.70. The molecule has 1 aromatic rings. The van der Waals surface area contributed by atoms with E-state index in [0.717, 1.165) is 5.56 Å². The number of alkyl halides is 2. The molecule has 0 saturated carbocycles. The van der Waals surface area contributed by atoms with E-state index in [1.807, 2.05) is 0 Å². The number of amides is 1. The Hall–Kier alpha value is -1.69. The predicted octanol–water partition coefficient (Wildman–Crippen LogP) is 3.42. The fraction of sp³-hybridized carbons (Fsp3) is 0.533. The second-order valence-corrected chi connectivity index (χ2v) is 5.93. The van der Waals surface area contributed by atoms with Crippen molar-refractivity contribution < 1.29 is 23.0 Å². The SMILES string of the molecule is CC(C)(C)OC(=O)NC1c2ccccc2CO[C@@H]1C(F)F. The van der Waals surface area contributed by atoms with Crippen LogP contribution in [0.1, 0.15) is 37.9 Å². The number of carbonyl (C=O) groups excluding carboxylic acids is 1. The van der Waals surface area contributed by atoms with Crippen LogP contribution in [0, 0.1) is 0 Å². The number of nitrogens with one attached hydrogen (secondary N) is 1. The van der Waals surface area contributed by atoms with Crippen LogP contribution in [0.2, 0.25) is 0 Å². The molecule has 116 valence electrons. The van der Waals surface area contributed by atoms with Gasteiger partial charge in [-0.25, -0.2) is 13.6 Å². The van der Waals surface area contributed by atoms with Crippen LogP contribution in [-0.4, -0.2) is 24.2 Å². The average molecular weight is 299 g/mol. The lowest BCUT2D eigenvalue weighted by atomic mass is 9.94. The quantitative estimate of drug-likeness (QED) is 0.910. The number of hydrogen-bond acceptors (Lipinski definition) is 3. The van der Waals surface area contributed by atoms with E-state index in [1.54, 1.807) is 45.0 Å². The molecule has 2 rings (SSSR count). The molecule has 0 fully saturated rings. The van der Waals surface area contributed by atoms with Crippen molar-refractivity contribution in [2.45, 2.75) is 51.6 Å². The van der Waals surface area contributed by atoms with E-state index in [9.17, 15) is 13.6 Å². The van der Waals surface area contributed by atoms with E-state index < -0.39 is 30.3 Å². The molecule has 21 heavy (non-hydrogen) atoms. The molecule has 6 heteroatoms. The van der Waals surface area contributed by atoms with Gasteiger partial charge in [0, 0.05) is 0 Å². The molecule has 0 bridgehead atoms. The highest BCUT2D eigenvalue weighted by Gasteiger charge is 2.38. The number of carbonyl (C=O) groups is 1. The summed E-state index contributed by atoms with van der Waals surface area (Å²) in [5, 5.41) is 2.50. The van der Waals surface area contributed by atoms with Gasteiger partial charge in [0.1, 0.15) is 11.7 Å². The number of rotatable bonds is 2. The van der Waals surface area contributed by atoms with Gasteiger partial charge < -0.3 is 14.8 Å². The Morgan fingerprint density at radius 1 is 1.38 bits per heavy atom. The first-order valence-electron chi connectivity index (χ1n) is 6.75. The summed E-state index contributed by atoms with van der Waals surface area (Å²) in [5.74, 6) is 0. The minimum absolute atomic E-state index is 0.109. The molecule has 1 aromatic carbocycles. The third-order valence-electron chi connectivity index (χ3n) is 3.07. The molecule has 2 atom stereocenters. The summed E-state index contributed by atoms with van der Waals surface area (Å²) in [6.07, 6.45) is -4.82. The monoisotopic (exact) mass is 299 g/mol. The van der Waals surface area contributed by atoms with Gasteiger partial charge >= 0.3 is 6.09 Å². The lowest BCUT2D eigenvalue weighted by molar-refractivity contribution is -0.0915. The standard InChI is InChI=1S/C15H19F2NO3/c1-15(2,3)21-14(19)18-11-10-7-5-4-6-9(10)8-20-12(11)13(16)17/h4-7,11-13H,8H2,1-3H3,(H,18,19)/t11?,12-/m0/s1. The first-order valence-corrected chi connectivity index (χ1v) is 6.75. The summed E-state index contributed by atoms with van der Waals surface area (Å²) < 4.78 is 36.6. The van der Waals surface area contributed by atoms with Crippen molar-refractivity contribution in [2.75, 3.05) is 0 Å². The highest BCUT2D eigenvalue weighted by Crippen LogP contribution is 2.32. The van der Waals surface area contributed by atoms with E-state index in [0.29, 0.717) is 5.56 Å². The molecule has 1 unspecified atom stereocenters. The molecule has 4 nitrogen and oxygen atoms in total. The average Bonchev–Trinajstić information content (AvgIpc) is 2.36. The Kier molecular flexibility index (Phi) is 4.46. The van der Waals surface area contributed by atoms with Crippen molar-refractivity contribution in [2.24, 2.45) is 0 Å². The number of ether oxygens (including phenoxy) is 2. The summed E-state index contributed by atoms with van der Waals surface area (Å²) in [4.78, 5) is 11.9. The number of hydrogen-bond donors (Lipinski definition) is 1. The van der Waals surface area contributed by atoms with Crippen LogP contribution in [0.15, 0.2) is 24.3 Å². The predicted molar refractivity (Wildman–Crippen MR) is 73.1 cm³/mol. The summed E-state index contributed by atoms with van der Waals surface area (Å²) in [5.41, 5.74) is 0.731. The van der Waals surface area contributed by atoms with Crippen molar-refractivity contribution in [1.82, 2.24) is 5.32 Å². The lowest BCUT2D eigenvalue weighted by Crippen LogP contribution is -2.45. The van der Waals surface area contributed by atoms with E-state index in [1.165, 1.54) is 0 Å². The maximum absolute atomic E-state index is 13.1. The van der Waals surface area contributed by atoms with Crippen LogP contribution in [0.5, 0.6) is 0 Å². The second-order valence-electron chi connectivity index (χ2n) is 5.93. The molecule has 1 heterocycles. The highest BCUT2D eigenvalue weighted by molar-refractivity contribution is 5.68. The second kappa shape index (κ2) is 5.97. The summed E-state index contributed by atoms with van der Waals surface area (Å²) in [7, 11) is 0. The molecular weight excluding hydrogens is 280 g/mol. The van der Waals surface area contributed by atoms with E-state index in [4.69, 9.17) is 9.47 Å². The van der Waals surface area contributed by atoms with Crippen molar-refractivity contribution >= 4 is 6.09 Å². The van der Waals surface area contributed by atoms with Crippen LogP contribution >= 0.6 is 0 Å². The Morgan fingerprint density at radius 2 is 2.05 bits per heavy atom. The summed E-state index contributed by atoms with van der Waals surface area (Å²) in [6.45, 7) is 5.24. The molecule has 1 amide bonds. The van der Waals surface area contributed by atoms with Crippen LogP contribution < -0.4 is 5.32 Å². The van der Waals surface area contributed by atoms with E-state index >= 15 is 0 Å². The Morgan fingerprint density at radius 3 is 2.67 bits per heavy atom. The van der Waals surface area contributed by atoms with Gasteiger partial charge in [-0.1, -0.05) is 24.3 Å². The maximum Gasteiger partial charge on any atom is 0.408 e. The van der Waals surface area contributed by atoms with Crippen molar-refractivity contribution in [3.8, 4) is 0 Å². The first-order chi connectivity index (χ1) is 9.78. The van der Waals surface area contributed by atoms with Gasteiger partial charge in [0.25, 0.3) is 6.43 Å². The van der Waals surface area contributed by atoms with Gasteiger partial charge in [0.05, 0.1) is 12.6 Å².